The molecular weight excluding hydrogens is 354 g/mol. The summed E-state index contributed by atoms with van der Waals surface area (Å²) in [5.41, 5.74) is 4.29. The third kappa shape index (κ3) is 2.32. The standard InChI is InChI=1S/C21H23N5O2/c1-7-14(4)26-19(27)17-18(23(6)21(26)28)22-20-24(17)11-15(5)25(20)16-9-8-12(2)13(3)10-16/h7-11,14H,1H2,2-6H3/t14-/m1/s1. The van der Waals surface area contributed by atoms with Crippen molar-refractivity contribution >= 4 is 16.9 Å². The van der Waals surface area contributed by atoms with Gasteiger partial charge in [-0.2, -0.15) is 4.98 Å². The molecule has 0 aliphatic carbocycles. The van der Waals surface area contributed by atoms with Crippen LogP contribution in [0.1, 0.15) is 29.8 Å². The Labute approximate surface area is 161 Å². The molecular formula is C21H23N5O2. The summed E-state index contributed by atoms with van der Waals surface area (Å²) in [5.74, 6) is 0.604. The monoisotopic (exact) mass is 377 g/mol. The minimum Gasteiger partial charge on any atom is -0.283 e. The predicted octanol–water partition coefficient (Wildman–Crippen LogP) is 2.81. The Hall–Kier alpha value is -3.35. The smallest absolute Gasteiger partial charge is 0.283 e. The van der Waals surface area contributed by atoms with Gasteiger partial charge in [0.05, 0.1) is 6.04 Å². The summed E-state index contributed by atoms with van der Waals surface area (Å²) < 4.78 is 6.40. The summed E-state index contributed by atoms with van der Waals surface area (Å²) in [6.45, 7) is 11.6. The largest absolute Gasteiger partial charge is 0.333 e. The lowest BCUT2D eigenvalue weighted by Gasteiger charge is -2.11. The summed E-state index contributed by atoms with van der Waals surface area (Å²) in [5, 5.41) is 0. The highest BCUT2D eigenvalue weighted by Gasteiger charge is 2.22. The van der Waals surface area contributed by atoms with Crippen LogP contribution in [-0.2, 0) is 7.05 Å². The van der Waals surface area contributed by atoms with Crippen molar-refractivity contribution in [3.05, 3.63) is 74.7 Å². The van der Waals surface area contributed by atoms with Crippen molar-refractivity contribution in [2.75, 3.05) is 0 Å². The molecule has 4 aromatic rings. The quantitative estimate of drug-likeness (QED) is 0.516. The fourth-order valence-electron chi connectivity index (χ4n) is 3.63. The molecule has 3 heterocycles. The Morgan fingerprint density at radius 1 is 1.14 bits per heavy atom. The van der Waals surface area contributed by atoms with Crippen LogP contribution in [0.3, 0.4) is 0 Å². The Morgan fingerprint density at radius 2 is 1.86 bits per heavy atom. The van der Waals surface area contributed by atoms with Crippen molar-refractivity contribution < 1.29 is 0 Å². The number of nitrogens with zero attached hydrogens (tertiary/aromatic N) is 5. The number of rotatable bonds is 3. The Balaban J connectivity index is 2.15. The van der Waals surface area contributed by atoms with Gasteiger partial charge >= 0.3 is 5.69 Å². The van der Waals surface area contributed by atoms with Crippen molar-refractivity contribution in [3.8, 4) is 5.69 Å². The fraction of sp³-hybridized carbons (Fsp3) is 0.286. The Bertz CT molecular complexity index is 1380. The van der Waals surface area contributed by atoms with Gasteiger partial charge in [0.1, 0.15) is 0 Å². The first-order valence-corrected chi connectivity index (χ1v) is 9.18. The molecule has 0 fully saturated rings. The van der Waals surface area contributed by atoms with Gasteiger partial charge in [-0.25, -0.2) is 4.79 Å². The molecule has 0 radical (unpaired) electrons. The zero-order chi connectivity index (χ0) is 20.3. The molecule has 4 rings (SSSR count). The first-order valence-electron chi connectivity index (χ1n) is 9.18. The van der Waals surface area contributed by atoms with Crippen LogP contribution in [0.15, 0.2) is 46.6 Å². The lowest BCUT2D eigenvalue weighted by molar-refractivity contribution is 0.574. The molecule has 0 spiro atoms. The lowest BCUT2D eigenvalue weighted by Crippen LogP contribution is -2.40. The summed E-state index contributed by atoms with van der Waals surface area (Å²) in [6, 6.07) is 5.78. The molecule has 0 bridgehead atoms. The maximum Gasteiger partial charge on any atom is 0.333 e. The minimum atomic E-state index is -0.413. The summed E-state index contributed by atoms with van der Waals surface area (Å²) in [4.78, 5) is 30.6. The van der Waals surface area contributed by atoms with Gasteiger partial charge in [0.25, 0.3) is 5.56 Å². The van der Waals surface area contributed by atoms with E-state index in [1.807, 2.05) is 23.8 Å². The van der Waals surface area contributed by atoms with E-state index >= 15 is 0 Å². The molecule has 0 saturated carbocycles. The van der Waals surface area contributed by atoms with E-state index in [0.29, 0.717) is 16.9 Å². The molecule has 0 N–H and O–H groups in total. The van der Waals surface area contributed by atoms with Gasteiger partial charge in [-0.1, -0.05) is 12.1 Å². The zero-order valence-corrected chi connectivity index (χ0v) is 16.7. The normalized spacial score (nSPS) is 12.8. The second-order valence-electron chi connectivity index (χ2n) is 7.32. The van der Waals surface area contributed by atoms with Crippen molar-refractivity contribution in [3.63, 3.8) is 0 Å². The highest BCUT2D eigenvalue weighted by Crippen LogP contribution is 2.22. The summed E-state index contributed by atoms with van der Waals surface area (Å²) >= 11 is 0. The van der Waals surface area contributed by atoms with Gasteiger partial charge < -0.3 is 0 Å². The molecule has 0 aliphatic heterocycles. The molecule has 28 heavy (non-hydrogen) atoms. The number of fused-ring (bicyclic) bond motifs is 3. The number of benzene rings is 1. The number of aromatic nitrogens is 5. The highest BCUT2D eigenvalue weighted by molar-refractivity contribution is 5.76. The first kappa shape index (κ1) is 18.0. The van der Waals surface area contributed by atoms with E-state index in [1.165, 1.54) is 20.3 Å². The van der Waals surface area contributed by atoms with Crippen molar-refractivity contribution in [2.45, 2.75) is 33.7 Å². The maximum atomic E-state index is 13.2. The van der Waals surface area contributed by atoms with Crippen LogP contribution in [0.25, 0.3) is 22.6 Å². The minimum absolute atomic E-state index is 0.366. The van der Waals surface area contributed by atoms with Crippen LogP contribution in [0, 0.1) is 20.8 Å². The SMILES string of the molecule is C=C[C@@H](C)n1c(=O)c2c(nc3n(-c4ccc(C)c(C)c4)c(C)cn23)n(C)c1=O. The Morgan fingerprint density at radius 3 is 2.50 bits per heavy atom. The van der Waals surface area contributed by atoms with Gasteiger partial charge in [0, 0.05) is 24.6 Å². The topological polar surface area (TPSA) is 66.2 Å². The number of hydrogen-bond acceptors (Lipinski definition) is 3. The molecule has 1 atom stereocenters. The summed E-state index contributed by atoms with van der Waals surface area (Å²) in [7, 11) is 1.63. The van der Waals surface area contributed by atoms with Crippen LogP contribution >= 0.6 is 0 Å². The van der Waals surface area contributed by atoms with Gasteiger partial charge in [-0.3, -0.25) is 22.9 Å². The van der Waals surface area contributed by atoms with Crippen molar-refractivity contribution in [2.24, 2.45) is 7.05 Å². The molecule has 3 aromatic heterocycles. The fourth-order valence-corrected chi connectivity index (χ4v) is 3.63. The van der Waals surface area contributed by atoms with E-state index < -0.39 is 11.7 Å². The molecule has 1 aromatic carbocycles. The predicted molar refractivity (Wildman–Crippen MR) is 111 cm³/mol. The molecule has 0 amide bonds. The Kier molecular flexibility index (Phi) is 3.92. The molecule has 7 heteroatoms. The highest BCUT2D eigenvalue weighted by atomic mass is 16.2. The zero-order valence-electron chi connectivity index (χ0n) is 16.7. The molecule has 7 nitrogen and oxygen atoms in total. The maximum absolute atomic E-state index is 13.2. The number of aryl methyl sites for hydroxylation is 4. The van der Waals surface area contributed by atoms with Crippen LogP contribution in [0.4, 0.5) is 0 Å². The van der Waals surface area contributed by atoms with E-state index in [4.69, 9.17) is 0 Å². The van der Waals surface area contributed by atoms with E-state index in [2.05, 4.69) is 37.5 Å². The average Bonchev–Trinajstić information content (AvgIpc) is 3.16. The van der Waals surface area contributed by atoms with Gasteiger partial charge in [-0.05, 0) is 51.0 Å². The number of hydrogen-bond donors (Lipinski definition) is 0. The third-order valence-corrected chi connectivity index (χ3v) is 5.47. The number of imidazole rings is 2. The van der Waals surface area contributed by atoms with Crippen LogP contribution in [-0.4, -0.2) is 23.1 Å². The summed E-state index contributed by atoms with van der Waals surface area (Å²) in [6.07, 6.45) is 3.47. The average molecular weight is 377 g/mol. The van der Waals surface area contributed by atoms with Crippen LogP contribution < -0.4 is 11.2 Å². The van der Waals surface area contributed by atoms with Gasteiger partial charge in [-0.15, -0.1) is 6.58 Å². The second-order valence-corrected chi connectivity index (χ2v) is 7.32. The van der Waals surface area contributed by atoms with Crippen LogP contribution in [0.2, 0.25) is 0 Å². The molecule has 0 saturated heterocycles. The second kappa shape index (κ2) is 6.09. The molecule has 0 aliphatic rings. The van der Waals surface area contributed by atoms with E-state index in [-0.39, 0.29) is 5.56 Å². The first-order chi connectivity index (χ1) is 13.3. The third-order valence-electron chi connectivity index (χ3n) is 5.47. The van der Waals surface area contributed by atoms with E-state index in [0.717, 1.165) is 11.4 Å². The van der Waals surface area contributed by atoms with Crippen molar-refractivity contribution in [1.29, 1.82) is 0 Å². The molecule has 0 unspecified atom stereocenters. The van der Waals surface area contributed by atoms with Crippen LogP contribution in [0.5, 0.6) is 0 Å². The van der Waals surface area contributed by atoms with Gasteiger partial charge in [0.15, 0.2) is 11.2 Å². The van der Waals surface area contributed by atoms with E-state index in [1.54, 1.807) is 24.4 Å². The van der Waals surface area contributed by atoms with Gasteiger partial charge in [0.2, 0.25) is 5.78 Å². The lowest BCUT2D eigenvalue weighted by atomic mass is 10.1. The van der Waals surface area contributed by atoms with E-state index in [9.17, 15) is 9.59 Å². The number of allylic oxidation sites excluding steroid dienone is 1. The molecule has 144 valence electrons. The van der Waals surface area contributed by atoms with Crippen molar-refractivity contribution in [1.82, 2.24) is 23.1 Å².